The number of nitrogens with zero attached hydrogens (tertiary/aromatic N) is 3. The van der Waals surface area contributed by atoms with Crippen LogP contribution in [0.1, 0.15) is 232 Å². The second-order valence-corrected chi connectivity index (χ2v) is 37.6. The van der Waals surface area contributed by atoms with E-state index in [2.05, 4.69) is 321 Å². The van der Waals surface area contributed by atoms with Gasteiger partial charge in [0.15, 0.2) is 0 Å². The lowest BCUT2D eigenvalue weighted by Gasteiger charge is -2.49. The van der Waals surface area contributed by atoms with Crippen LogP contribution >= 0.6 is 0 Å². The molecule has 10 aromatic carbocycles. The third kappa shape index (κ3) is 9.29. The summed E-state index contributed by atoms with van der Waals surface area (Å²) in [4.78, 5) is 8.21. The molecule has 0 N–H and O–H groups in total. The fourth-order valence-corrected chi connectivity index (χ4v) is 20.1. The highest BCUT2D eigenvalue weighted by Gasteiger charge is 2.51. The van der Waals surface area contributed by atoms with Gasteiger partial charge in [0, 0.05) is 61.9 Å². The highest BCUT2D eigenvalue weighted by molar-refractivity contribution is 7.00. The summed E-state index contributed by atoms with van der Waals surface area (Å²) in [6.07, 6.45) is 9.16. The Morgan fingerprint density at radius 3 is 1.27 bits per heavy atom. The lowest BCUT2D eigenvalue weighted by Crippen LogP contribution is -2.62. The summed E-state index contributed by atoms with van der Waals surface area (Å²) < 4.78 is 6.53. The molecule has 0 radical (unpaired) electrons. The molecule has 5 heteroatoms. The molecular weight excluding hydrogens is 1210 g/mol. The fourth-order valence-electron chi connectivity index (χ4n) is 20.1. The molecule has 7 aliphatic rings. The topological polar surface area (TPSA) is 22.9 Å². The summed E-state index contributed by atoms with van der Waals surface area (Å²) in [7, 11) is 0. The summed E-state index contributed by atoms with van der Waals surface area (Å²) in [5.41, 5.74) is 34.1. The van der Waals surface area contributed by atoms with Crippen molar-refractivity contribution in [2.24, 2.45) is 0 Å². The highest BCUT2D eigenvalue weighted by atomic mass is 16.3. The molecule has 0 saturated heterocycles. The van der Waals surface area contributed by atoms with E-state index in [1.54, 1.807) is 0 Å². The third-order valence-corrected chi connectivity index (χ3v) is 27.1. The highest BCUT2D eigenvalue weighted by Crippen LogP contribution is 2.58. The molecule has 18 rings (SSSR count). The zero-order valence-electron chi connectivity index (χ0n) is 62.8. The van der Waals surface area contributed by atoms with E-state index in [1.165, 1.54) is 128 Å². The van der Waals surface area contributed by atoms with Crippen LogP contribution in [0.25, 0.3) is 44.2 Å². The lowest BCUT2D eigenvalue weighted by molar-refractivity contribution is 0.332. The summed E-state index contributed by atoms with van der Waals surface area (Å²) in [6.45, 7) is 44.9. The normalized spacial score (nSPS) is 20.2. The number of rotatable bonds is 6. The van der Waals surface area contributed by atoms with Gasteiger partial charge in [-0.3, -0.25) is 0 Å². The van der Waals surface area contributed by atoms with Gasteiger partial charge in [0.25, 0.3) is 6.71 Å². The maximum absolute atomic E-state index is 6.53. The van der Waals surface area contributed by atoms with Crippen LogP contribution < -0.4 is 31.1 Å². The molecule has 5 aliphatic carbocycles. The molecule has 0 bridgehead atoms. The minimum atomic E-state index is -0.229. The van der Waals surface area contributed by atoms with E-state index < -0.39 is 0 Å². The first-order valence-electron chi connectivity index (χ1n) is 37.8. The largest absolute Gasteiger partial charge is 0.456 e. The molecule has 0 spiro atoms. The fraction of sp³-hybridized carbons (Fsp3) is 0.368. The van der Waals surface area contributed by atoms with Crippen molar-refractivity contribution in [3.05, 3.63) is 238 Å². The van der Waals surface area contributed by atoms with E-state index in [0.717, 1.165) is 90.7 Å². The number of hydrogen-bond donors (Lipinski definition) is 0. The molecule has 0 saturated carbocycles. The Kier molecular flexibility index (Phi) is 13.3. The average Bonchev–Trinajstić information content (AvgIpc) is 1.01. The van der Waals surface area contributed by atoms with Crippen molar-refractivity contribution in [3.63, 3.8) is 0 Å². The van der Waals surface area contributed by atoms with Gasteiger partial charge < -0.3 is 19.1 Å². The monoisotopic (exact) mass is 1310 g/mol. The predicted octanol–water partition coefficient (Wildman–Crippen LogP) is 24.5. The van der Waals surface area contributed by atoms with Crippen LogP contribution in [0.2, 0.25) is 0 Å². The van der Waals surface area contributed by atoms with Gasteiger partial charge >= 0.3 is 0 Å². The molecule has 0 fully saturated rings. The Bertz CT molecular complexity index is 5120. The Balaban J connectivity index is 0.978. The van der Waals surface area contributed by atoms with Gasteiger partial charge in [-0.1, -0.05) is 216 Å². The Labute approximate surface area is 596 Å². The van der Waals surface area contributed by atoms with Gasteiger partial charge in [0.05, 0.1) is 5.69 Å². The van der Waals surface area contributed by atoms with E-state index in [1.807, 2.05) is 0 Å². The summed E-state index contributed by atoms with van der Waals surface area (Å²) in [6, 6.07) is 72.8. The standard InChI is InChI=1S/C95H100BN3O/c1-87(2)37-39-89(5,6)72-49-63(32-35-69(72)87)98-80-55-76-74(91(9,10)41-43-93(76,13)14)53-78(80)96-79-54-75-77(94(15,16)44-42-92(75,11)12)56-81(79)99(64-33-36-70-73(50-64)90(7,8)40-38-88(70,3)4)83-52-65(51-82(98)86(83)96)97(62-31-34-67-66-24-20-21-25-68(66)95(17,18)71(67)48-62)61-30-29-57-45-60(28-27-58(57)46-61)85-47-59-23-19-22-26-84(59)100-85/h19-36,45-56H,37-44H2,1-18H3. The number of furan rings is 1. The lowest BCUT2D eigenvalue weighted by atomic mass is 9.32. The van der Waals surface area contributed by atoms with Crippen molar-refractivity contribution in [1.29, 1.82) is 0 Å². The van der Waals surface area contributed by atoms with Crippen LogP contribution in [0.15, 0.2) is 186 Å². The third-order valence-electron chi connectivity index (χ3n) is 27.1. The molecule has 100 heavy (non-hydrogen) atoms. The first kappa shape index (κ1) is 63.6. The SMILES string of the molecule is CC1(C)CCC(C)(C)c2cc(N3c4cc5c(cc4B4c6cc7c(cc6N(c6ccc8c(c6)C(C)(C)CCC8(C)C)c6cc(N(c8ccc9c(c8)C(C)(C)c8ccccc8-9)c8ccc9cc(-c%10cc%11ccccc%11o%10)ccc9c8)cc3c64)C(C)(C)CCC7(C)C)C(C)(C)CCC5(C)C)ccc21. The van der Waals surface area contributed by atoms with Crippen LogP contribution in [0, 0.1) is 0 Å². The van der Waals surface area contributed by atoms with Crippen molar-refractivity contribution >= 4 is 96.0 Å². The average molecular weight is 1310 g/mol. The molecule has 11 aromatic rings. The van der Waals surface area contributed by atoms with Gasteiger partial charge in [0.2, 0.25) is 0 Å². The van der Waals surface area contributed by atoms with Crippen LogP contribution in [-0.4, -0.2) is 6.71 Å². The first-order chi connectivity index (χ1) is 47.2. The molecule has 2 aliphatic heterocycles. The van der Waals surface area contributed by atoms with Gasteiger partial charge in [-0.15, -0.1) is 0 Å². The second-order valence-electron chi connectivity index (χ2n) is 37.6. The van der Waals surface area contributed by atoms with Crippen molar-refractivity contribution in [1.82, 2.24) is 0 Å². The molecule has 504 valence electrons. The maximum atomic E-state index is 6.53. The number of para-hydroxylation sites is 1. The molecule has 3 heterocycles. The summed E-state index contributed by atoms with van der Waals surface area (Å²) in [5.74, 6) is 0.882. The van der Waals surface area contributed by atoms with Crippen LogP contribution in [-0.2, 0) is 48.7 Å². The number of hydrogen-bond acceptors (Lipinski definition) is 4. The molecular formula is C95H100BN3O. The molecule has 4 nitrogen and oxygen atoms in total. The minimum Gasteiger partial charge on any atom is -0.456 e. The molecule has 0 amide bonds. The number of benzene rings is 10. The molecule has 0 unspecified atom stereocenters. The second kappa shape index (κ2) is 20.8. The van der Waals surface area contributed by atoms with E-state index in [4.69, 9.17) is 4.42 Å². The van der Waals surface area contributed by atoms with Gasteiger partial charge in [-0.2, -0.15) is 0 Å². The minimum absolute atomic E-state index is 0.0178. The number of fused-ring (bicyclic) bond motifs is 13. The maximum Gasteiger partial charge on any atom is 0.252 e. The van der Waals surface area contributed by atoms with Crippen molar-refractivity contribution in [2.45, 2.75) is 225 Å². The van der Waals surface area contributed by atoms with Crippen LogP contribution in [0.5, 0.6) is 0 Å². The van der Waals surface area contributed by atoms with Gasteiger partial charge in [-0.25, -0.2) is 0 Å². The Morgan fingerprint density at radius 1 is 0.310 bits per heavy atom. The molecule has 1 aromatic heterocycles. The van der Waals surface area contributed by atoms with Crippen molar-refractivity contribution in [2.75, 3.05) is 14.7 Å². The molecule has 0 atom stereocenters. The zero-order chi connectivity index (χ0) is 69.7. The van der Waals surface area contributed by atoms with E-state index in [9.17, 15) is 0 Å². The van der Waals surface area contributed by atoms with E-state index in [-0.39, 0.29) is 55.4 Å². The summed E-state index contributed by atoms with van der Waals surface area (Å²) in [5, 5.41) is 3.45. The zero-order valence-corrected chi connectivity index (χ0v) is 62.8. The quantitative estimate of drug-likeness (QED) is 0.155. The van der Waals surface area contributed by atoms with Crippen LogP contribution in [0.3, 0.4) is 0 Å². The van der Waals surface area contributed by atoms with E-state index >= 15 is 0 Å². The van der Waals surface area contributed by atoms with E-state index in [0.29, 0.717) is 0 Å². The Morgan fingerprint density at radius 2 is 0.740 bits per heavy atom. The van der Waals surface area contributed by atoms with Crippen molar-refractivity contribution in [3.8, 4) is 22.5 Å². The smallest absolute Gasteiger partial charge is 0.252 e. The number of anilines is 9. The summed E-state index contributed by atoms with van der Waals surface area (Å²) >= 11 is 0. The predicted molar refractivity (Wildman–Crippen MR) is 427 cm³/mol. The Hall–Kier alpha value is -8.54. The van der Waals surface area contributed by atoms with Gasteiger partial charge in [-0.05, 0) is 280 Å². The first-order valence-corrected chi connectivity index (χ1v) is 37.8. The van der Waals surface area contributed by atoms with Crippen LogP contribution in [0.4, 0.5) is 51.2 Å². The van der Waals surface area contributed by atoms with Crippen molar-refractivity contribution < 1.29 is 4.42 Å². The van der Waals surface area contributed by atoms with Gasteiger partial charge in [0.1, 0.15) is 11.3 Å².